The molecule has 0 N–H and O–H groups in total. The number of hydrogen-bond donors (Lipinski definition) is 0. The molecule has 0 radical (unpaired) electrons. The zero-order valence-electron chi connectivity index (χ0n) is 12.9. The van der Waals surface area contributed by atoms with E-state index in [0.717, 1.165) is 17.8 Å². The normalized spacial score (nSPS) is 15.4. The van der Waals surface area contributed by atoms with Crippen LogP contribution in [0.1, 0.15) is 13.3 Å². The third kappa shape index (κ3) is 3.01. The second kappa shape index (κ2) is 6.48. The fourth-order valence-electron chi connectivity index (χ4n) is 2.63. The van der Waals surface area contributed by atoms with Gasteiger partial charge in [-0.25, -0.2) is 9.80 Å². The van der Waals surface area contributed by atoms with Crippen molar-refractivity contribution in [3.05, 3.63) is 59.0 Å². The summed E-state index contributed by atoms with van der Waals surface area (Å²) in [5.74, 6) is 0. The molecule has 2 heterocycles. The van der Waals surface area contributed by atoms with Gasteiger partial charge in [-0.1, -0.05) is 6.07 Å². The zero-order chi connectivity index (χ0) is 16.2. The Morgan fingerprint density at radius 1 is 1.00 bits per heavy atom. The van der Waals surface area contributed by atoms with Gasteiger partial charge >= 0.3 is 6.03 Å². The Kier molecular flexibility index (Phi) is 4.23. The minimum absolute atomic E-state index is 0.0854. The second-order valence-corrected chi connectivity index (χ2v) is 5.21. The van der Waals surface area contributed by atoms with E-state index < -0.39 is 0 Å². The summed E-state index contributed by atoms with van der Waals surface area (Å²) in [6, 6.07) is 12.3. The summed E-state index contributed by atoms with van der Waals surface area (Å²) in [6.45, 7) is 3.09. The summed E-state index contributed by atoms with van der Waals surface area (Å²) >= 11 is 0. The largest absolute Gasteiger partial charge is 0.344 e. The van der Waals surface area contributed by atoms with Crippen molar-refractivity contribution in [2.24, 2.45) is 5.10 Å². The minimum atomic E-state index is -0.126. The van der Waals surface area contributed by atoms with Gasteiger partial charge in [-0.15, -0.1) is 0 Å². The van der Waals surface area contributed by atoms with Gasteiger partial charge in [0.05, 0.1) is 0 Å². The van der Waals surface area contributed by atoms with E-state index in [2.05, 4.69) is 5.10 Å². The summed E-state index contributed by atoms with van der Waals surface area (Å²) in [5, 5.41) is 5.56. The van der Waals surface area contributed by atoms with Crippen LogP contribution in [0.5, 0.6) is 0 Å². The van der Waals surface area contributed by atoms with Gasteiger partial charge in [-0.05, 0) is 43.7 Å². The van der Waals surface area contributed by atoms with Crippen LogP contribution in [0.15, 0.2) is 58.6 Å². The highest BCUT2D eigenvalue weighted by atomic mass is 16.2. The van der Waals surface area contributed by atoms with E-state index in [1.54, 1.807) is 34.9 Å². The summed E-state index contributed by atoms with van der Waals surface area (Å²) in [6.07, 6.45) is 4.20. The number of nitrogens with zero attached hydrogens (tertiary/aromatic N) is 4. The zero-order valence-corrected chi connectivity index (χ0v) is 12.9. The average molecular weight is 310 g/mol. The number of rotatable bonds is 3. The van der Waals surface area contributed by atoms with Gasteiger partial charge in [-0.3, -0.25) is 14.3 Å². The molecule has 1 aliphatic heterocycles. The molecule has 3 rings (SSSR count). The monoisotopic (exact) mass is 310 g/mol. The van der Waals surface area contributed by atoms with Gasteiger partial charge in [-0.2, -0.15) is 5.10 Å². The van der Waals surface area contributed by atoms with E-state index in [9.17, 15) is 9.59 Å². The molecule has 118 valence electrons. The smallest absolute Gasteiger partial charge is 0.293 e. The van der Waals surface area contributed by atoms with Crippen LogP contribution < -0.4 is 10.5 Å². The molecule has 0 aliphatic carbocycles. The molecule has 0 saturated carbocycles. The van der Waals surface area contributed by atoms with Crippen molar-refractivity contribution in [2.45, 2.75) is 13.3 Å². The molecule has 6 heteroatoms. The first-order valence-corrected chi connectivity index (χ1v) is 7.56. The van der Waals surface area contributed by atoms with E-state index in [-0.39, 0.29) is 11.6 Å². The molecule has 0 atom stereocenters. The van der Waals surface area contributed by atoms with Gasteiger partial charge in [0.15, 0.2) is 0 Å². The Morgan fingerprint density at radius 3 is 2.43 bits per heavy atom. The van der Waals surface area contributed by atoms with Crippen LogP contribution in [-0.4, -0.2) is 34.9 Å². The van der Waals surface area contributed by atoms with Crippen LogP contribution in [0.2, 0.25) is 0 Å². The van der Waals surface area contributed by atoms with Crippen molar-refractivity contribution in [1.29, 1.82) is 0 Å². The summed E-state index contributed by atoms with van der Waals surface area (Å²) in [4.78, 5) is 26.0. The van der Waals surface area contributed by atoms with Crippen molar-refractivity contribution in [1.82, 2.24) is 9.58 Å². The Hall–Kier alpha value is -2.89. The molecule has 0 bridgehead atoms. The van der Waals surface area contributed by atoms with E-state index >= 15 is 0 Å². The van der Waals surface area contributed by atoms with Gasteiger partial charge in [0, 0.05) is 42.9 Å². The van der Waals surface area contributed by atoms with Crippen molar-refractivity contribution < 1.29 is 4.79 Å². The summed E-state index contributed by atoms with van der Waals surface area (Å²) in [5.41, 5.74) is 1.49. The molecule has 1 aromatic carbocycles. The number of benzene rings is 1. The molecule has 1 saturated heterocycles. The third-order valence-electron chi connectivity index (χ3n) is 3.72. The molecule has 23 heavy (non-hydrogen) atoms. The molecular weight excluding hydrogens is 292 g/mol. The molecule has 6 nitrogen and oxygen atoms in total. The van der Waals surface area contributed by atoms with Crippen molar-refractivity contribution >= 4 is 17.9 Å². The highest BCUT2D eigenvalue weighted by molar-refractivity contribution is 5.93. The van der Waals surface area contributed by atoms with Crippen LogP contribution in [0.4, 0.5) is 10.5 Å². The minimum Gasteiger partial charge on any atom is -0.293 e. The first-order valence-electron chi connectivity index (χ1n) is 7.56. The SMILES string of the molecule is C/C=N\N1CCCN(c2ccc(-n3ccccc3=O)cc2)C1=O. The Balaban J connectivity index is 1.86. The van der Waals surface area contributed by atoms with Crippen LogP contribution >= 0.6 is 0 Å². The van der Waals surface area contributed by atoms with Crippen LogP contribution in [0.25, 0.3) is 5.69 Å². The maximum Gasteiger partial charge on any atom is 0.344 e. The number of anilines is 1. The standard InChI is InChI=1S/C17H18N4O2/c1-2-18-21-13-5-12-20(17(21)23)15-9-7-14(8-10-15)19-11-4-3-6-16(19)22/h2-4,6-11H,5,12-13H2,1H3/b18-2-. The van der Waals surface area contributed by atoms with Crippen molar-refractivity contribution in [3.63, 3.8) is 0 Å². The lowest BCUT2D eigenvalue weighted by Crippen LogP contribution is -2.47. The molecule has 2 aromatic rings. The number of carbonyl (C=O) groups excluding carboxylic acids is 1. The highest BCUT2D eigenvalue weighted by Crippen LogP contribution is 2.21. The summed E-state index contributed by atoms with van der Waals surface area (Å²) in [7, 11) is 0. The molecule has 1 aromatic heterocycles. The topological polar surface area (TPSA) is 57.9 Å². The first-order chi connectivity index (χ1) is 11.2. The van der Waals surface area contributed by atoms with Gasteiger partial charge < -0.3 is 0 Å². The molecule has 0 spiro atoms. The quantitative estimate of drug-likeness (QED) is 0.818. The lowest BCUT2D eigenvalue weighted by atomic mass is 10.2. The van der Waals surface area contributed by atoms with Gasteiger partial charge in [0.2, 0.25) is 0 Å². The van der Waals surface area contributed by atoms with Crippen molar-refractivity contribution in [3.8, 4) is 5.69 Å². The second-order valence-electron chi connectivity index (χ2n) is 5.21. The number of hydrogen-bond acceptors (Lipinski definition) is 3. The number of carbonyl (C=O) groups is 1. The third-order valence-corrected chi connectivity index (χ3v) is 3.72. The van der Waals surface area contributed by atoms with E-state index in [0.29, 0.717) is 13.1 Å². The molecule has 0 unspecified atom stereocenters. The predicted molar refractivity (Wildman–Crippen MR) is 90.3 cm³/mol. The fourth-order valence-corrected chi connectivity index (χ4v) is 2.63. The van der Waals surface area contributed by atoms with Crippen molar-refractivity contribution in [2.75, 3.05) is 18.0 Å². The molecule has 1 aliphatic rings. The van der Waals surface area contributed by atoms with Crippen LogP contribution in [-0.2, 0) is 0 Å². The maximum absolute atomic E-state index is 12.4. The highest BCUT2D eigenvalue weighted by Gasteiger charge is 2.26. The number of aromatic nitrogens is 1. The Morgan fingerprint density at radius 2 is 1.74 bits per heavy atom. The predicted octanol–water partition coefficient (Wildman–Crippen LogP) is 2.48. The molecule has 1 fully saturated rings. The molecule has 2 amide bonds. The lowest BCUT2D eigenvalue weighted by Gasteiger charge is -2.32. The lowest BCUT2D eigenvalue weighted by molar-refractivity contribution is 0.198. The van der Waals surface area contributed by atoms with E-state index in [1.807, 2.05) is 30.3 Å². The fraction of sp³-hybridized carbons (Fsp3) is 0.235. The number of hydrazone groups is 1. The van der Waals surface area contributed by atoms with Crippen LogP contribution in [0.3, 0.4) is 0 Å². The average Bonchev–Trinajstić information content (AvgIpc) is 2.58. The summed E-state index contributed by atoms with van der Waals surface area (Å²) < 4.78 is 1.56. The van der Waals surface area contributed by atoms with E-state index in [4.69, 9.17) is 0 Å². The number of amides is 2. The van der Waals surface area contributed by atoms with E-state index in [1.165, 1.54) is 11.1 Å². The Bertz CT molecular complexity index is 780. The number of urea groups is 1. The molecular formula is C17H18N4O2. The Labute approximate surface area is 134 Å². The van der Waals surface area contributed by atoms with Crippen LogP contribution in [0, 0.1) is 0 Å². The maximum atomic E-state index is 12.4. The van der Waals surface area contributed by atoms with Gasteiger partial charge in [0.1, 0.15) is 0 Å². The first kappa shape index (κ1) is 15.0. The number of pyridine rings is 1. The van der Waals surface area contributed by atoms with Gasteiger partial charge in [0.25, 0.3) is 5.56 Å².